The molecule has 2 aliphatic heterocycles. The predicted molar refractivity (Wildman–Crippen MR) is 161 cm³/mol. The number of aryl methyl sites for hydroxylation is 1. The van der Waals surface area contributed by atoms with Crippen LogP contribution in [0.15, 0.2) is 42.5 Å². The summed E-state index contributed by atoms with van der Waals surface area (Å²) in [7, 11) is 0. The lowest BCUT2D eigenvalue weighted by molar-refractivity contribution is -0.220. The smallest absolute Gasteiger partial charge is 0.320 e. The lowest BCUT2D eigenvalue weighted by atomic mass is 9.48. The van der Waals surface area contributed by atoms with Gasteiger partial charge in [-0.3, -0.25) is 9.69 Å². The number of piperidine rings is 1. The zero-order valence-corrected chi connectivity index (χ0v) is 25.4. The van der Waals surface area contributed by atoms with Crippen LogP contribution in [0.3, 0.4) is 0 Å². The first-order chi connectivity index (χ1) is 20.2. The molecule has 7 rings (SSSR count). The van der Waals surface area contributed by atoms with E-state index in [1.54, 1.807) is 0 Å². The molecule has 3 fully saturated rings. The Morgan fingerprint density at radius 2 is 1.98 bits per heavy atom. The molecule has 0 amide bonds. The summed E-state index contributed by atoms with van der Waals surface area (Å²) >= 11 is 0. The summed E-state index contributed by atoms with van der Waals surface area (Å²) in [6.45, 7) is 8.68. The average molecular weight is 575 g/mol. The first-order valence-corrected chi connectivity index (χ1v) is 16.1. The molecule has 1 unspecified atom stereocenters. The molecule has 2 aromatic rings. The van der Waals surface area contributed by atoms with E-state index in [1.165, 1.54) is 29.5 Å². The Labute approximate surface area is 249 Å². The monoisotopic (exact) mass is 574 g/mol. The van der Waals surface area contributed by atoms with Gasteiger partial charge in [-0.15, -0.1) is 0 Å². The maximum absolute atomic E-state index is 12.7. The summed E-state index contributed by atoms with van der Waals surface area (Å²) < 4.78 is 19.7. The van der Waals surface area contributed by atoms with Crippen LogP contribution in [0, 0.1) is 5.92 Å². The molecule has 2 heterocycles. The zero-order valence-electron chi connectivity index (χ0n) is 25.4. The van der Waals surface area contributed by atoms with Crippen molar-refractivity contribution in [2.24, 2.45) is 5.92 Å². The molecule has 2 N–H and O–H groups in total. The van der Waals surface area contributed by atoms with Crippen LogP contribution in [-0.4, -0.2) is 71.6 Å². The fourth-order valence-electron chi connectivity index (χ4n) is 8.69. The van der Waals surface area contributed by atoms with Gasteiger partial charge in [0.2, 0.25) is 0 Å². The molecule has 2 aromatic carbocycles. The number of esters is 1. The highest BCUT2D eigenvalue weighted by Gasteiger charge is 2.73. The number of nitrogens with zero attached hydrogens (tertiary/aromatic N) is 1. The number of carbonyl (C=O) groups is 1. The molecule has 7 heteroatoms. The Morgan fingerprint density at radius 3 is 2.74 bits per heavy atom. The topological polar surface area (TPSA) is 80.3 Å². The Balaban J connectivity index is 1.23. The van der Waals surface area contributed by atoms with Gasteiger partial charge in [-0.1, -0.05) is 36.4 Å². The minimum Gasteiger partial charge on any atom is -0.504 e. The molecular weight excluding hydrogens is 528 g/mol. The summed E-state index contributed by atoms with van der Waals surface area (Å²) in [5.41, 5.74) is 2.53. The number of aromatic hydroxyl groups is 1. The highest BCUT2D eigenvalue weighted by molar-refractivity contribution is 5.72. The average Bonchev–Trinajstić information content (AvgIpc) is 3.70. The highest BCUT2D eigenvalue weighted by Crippen LogP contribution is 2.66. The van der Waals surface area contributed by atoms with Crippen LogP contribution in [0.4, 0.5) is 0 Å². The van der Waals surface area contributed by atoms with E-state index in [4.69, 9.17) is 14.2 Å². The molecule has 5 aliphatic rings. The molecule has 1 saturated heterocycles. The van der Waals surface area contributed by atoms with Gasteiger partial charge < -0.3 is 24.6 Å². The molecule has 0 radical (unpaired) electrons. The van der Waals surface area contributed by atoms with Gasteiger partial charge in [-0.2, -0.15) is 0 Å². The Bertz CT molecular complexity index is 1320. The highest BCUT2D eigenvalue weighted by atomic mass is 16.6. The van der Waals surface area contributed by atoms with Crippen molar-refractivity contribution in [3.8, 4) is 11.5 Å². The second-order valence-electron chi connectivity index (χ2n) is 14.4. The number of phenols is 1. The number of carbonyl (C=O) groups excluding carboxylic acids is 1. The number of hydrogen-bond donors (Lipinski definition) is 2. The van der Waals surface area contributed by atoms with Gasteiger partial charge in [0, 0.05) is 37.2 Å². The minimum absolute atomic E-state index is 0.0335. The van der Waals surface area contributed by atoms with E-state index >= 15 is 0 Å². The van der Waals surface area contributed by atoms with Crippen LogP contribution in [0.1, 0.15) is 76.0 Å². The lowest BCUT2D eigenvalue weighted by Gasteiger charge is -2.66. The van der Waals surface area contributed by atoms with Crippen molar-refractivity contribution in [1.29, 1.82) is 0 Å². The number of nitrogens with one attached hydrogen (secondary N) is 1. The molecule has 2 bridgehead atoms. The van der Waals surface area contributed by atoms with Gasteiger partial charge in [0.15, 0.2) is 11.5 Å². The van der Waals surface area contributed by atoms with E-state index in [0.717, 1.165) is 57.5 Å². The standard InChI is InChI=1S/C35H46N2O5/c1-33(2,3)42-30(39)21-36-26-19-29-34-15-16-37(22-24-11-12-24)28(18-25-13-14-27(38)32(41-29)31(25)34)35(34,20-26)40-17-7-10-23-8-5-4-6-9-23/h4-6,8-9,13-14,24,26,28-29,36,38H,7,10-12,15-22H2,1-3H3/t26-,28?,29+,34-,35-/m1/s1. The molecular formula is C35H46N2O5. The Kier molecular flexibility index (Phi) is 7.06. The summed E-state index contributed by atoms with van der Waals surface area (Å²) in [5.74, 6) is 1.44. The Hall–Kier alpha value is -2.61. The maximum atomic E-state index is 12.7. The molecule has 3 aliphatic carbocycles. The Morgan fingerprint density at radius 1 is 1.17 bits per heavy atom. The molecule has 0 aromatic heterocycles. The lowest BCUT2D eigenvalue weighted by Crippen LogP contribution is -2.78. The van der Waals surface area contributed by atoms with E-state index < -0.39 is 11.2 Å². The number of likely N-dealkylation sites (tertiary alicyclic amines) is 1. The van der Waals surface area contributed by atoms with Gasteiger partial charge in [0.05, 0.1) is 17.6 Å². The normalized spacial score (nSPS) is 31.4. The number of ether oxygens (including phenoxy) is 3. The van der Waals surface area contributed by atoms with Crippen LogP contribution < -0.4 is 10.1 Å². The first kappa shape index (κ1) is 28.2. The van der Waals surface area contributed by atoms with Crippen molar-refractivity contribution in [2.45, 2.75) is 107 Å². The minimum atomic E-state index is -0.522. The van der Waals surface area contributed by atoms with Crippen molar-refractivity contribution >= 4 is 5.97 Å². The van der Waals surface area contributed by atoms with Crippen LogP contribution in [-0.2, 0) is 32.5 Å². The SMILES string of the molecule is CC(C)(C)OC(=O)CN[C@@H]1C[C@@H]2Oc3c(O)ccc4c3[C@@]23CCN(CC2CC2)C(C4)[C@]3(OCCCc2ccccc2)C1. The zero-order chi connectivity index (χ0) is 29.1. The van der Waals surface area contributed by atoms with Gasteiger partial charge >= 0.3 is 5.97 Å². The van der Waals surface area contributed by atoms with Gasteiger partial charge in [0.1, 0.15) is 11.7 Å². The second-order valence-corrected chi connectivity index (χ2v) is 14.4. The molecule has 7 nitrogen and oxygen atoms in total. The second kappa shape index (κ2) is 10.5. The van der Waals surface area contributed by atoms with E-state index in [1.807, 2.05) is 26.8 Å². The predicted octanol–water partition coefficient (Wildman–Crippen LogP) is 4.91. The van der Waals surface area contributed by atoms with Crippen molar-refractivity contribution in [2.75, 3.05) is 26.2 Å². The quantitative estimate of drug-likeness (QED) is 0.308. The van der Waals surface area contributed by atoms with Gasteiger partial charge in [-0.25, -0.2) is 0 Å². The summed E-state index contributed by atoms with van der Waals surface area (Å²) in [4.78, 5) is 15.4. The fraction of sp³-hybridized carbons (Fsp3) is 0.629. The molecule has 1 spiro atoms. The molecule has 5 atom stereocenters. The van der Waals surface area contributed by atoms with Crippen molar-refractivity contribution in [3.63, 3.8) is 0 Å². The van der Waals surface area contributed by atoms with Crippen LogP contribution in [0.5, 0.6) is 11.5 Å². The molecule has 42 heavy (non-hydrogen) atoms. The van der Waals surface area contributed by atoms with E-state index in [0.29, 0.717) is 12.4 Å². The van der Waals surface area contributed by atoms with Crippen molar-refractivity contribution < 1.29 is 24.1 Å². The number of rotatable bonds is 10. The summed E-state index contributed by atoms with van der Waals surface area (Å²) in [6, 6.07) is 14.8. The number of hydrogen-bond acceptors (Lipinski definition) is 7. The first-order valence-electron chi connectivity index (χ1n) is 16.1. The van der Waals surface area contributed by atoms with Crippen molar-refractivity contribution in [3.05, 3.63) is 59.2 Å². The largest absolute Gasteiger partial charge is 0.504 e. The third kappa shape index (κ3) is 4.82. The molecule has 2 saturated carbocycles. The van der Waals surface area contributed by atoms with Gasteiger partial charge in [-0.05, 0) is 95.4 Å². The molecule has 226 valence electrons. The number of benzene rings is 2. The third-order valence-corrected chi connectivity index (χ3v) is 10.4. The van der Waals surface area contributed by atoms with E-state index in [2.05, 4.69) is 46.6 Å². The van der Waals surface area contributed by atoms with Crippen LogP contribution in [0.25, 0.3) is 0 Å². The maximum Gasteiger partial charge on any atom is 0.320 e. The fourth-order valence-corrected chi connectivity index (χ4v) is 8.69. The third-order valence-electron chi connectivity index (χ3n) is 10.4. The van der Waals surface area contributed by atoms with Gasteiger partial charge in [0.25, 0.3) is 0 Å². The van der Waals surface area contributed by atoms with Crippen LogP contribution >= 0.6 is 0 Å². The number of phenolic OH excluding ortho intramolecular Hbond substituents is 1. The van der Waals surface area contributed by atoms with Crippen molar-refractivity contribution in [1.82, 2.24) is 10.2 Å². The summed E-state index contributed by atoms with van der Waals surface area (Å²) in [5, 5.41) is 14.6. The van der Waals surface area contributed by atoms with Crippen LogP contribution in [0.2, 0.25) is 0 Å². The summed E-state index contributed by atoms with van der Waals surface area (Å²) in [6.07, 6.45) is 7.86. The van der Waals surface area contributed by atoms with E-state index in [-0.39, 0.29) is 41.9 Å². The van der Waals surface area contributed by atoms with E-state index in [9.17, 15) is 9.90 Å².